The maximum Gasteiger partial charge on any atom is 0.246 e. The molecular formula is C21H30N2O3. The van der Waals surface area contributed by atoms with Gasteiger partial charge in [-0.15, -0.1) is 0 Å². The van der Waals surface area contributed by atoms with E-state index in [1.807, 2.05) is 38.4 Å². The van der Waals surface area contributed by atoms with Crippen LogP contribution < -0.4 is 9.47 Å². The molecule has 5 nitrogen and oxygen atoms in total. The lowest BCUT2D eigenvalue weighted by molar-refractivity contribution is -0.129. The van der Waals surface area contributed by atoms with Gasteiger partial charge in [0, 0.05) is 25.2 Å². The smallest absolute Gasteiger partial charge is 0.246 e. The van der Waals surface area contributed by atoms with Crippen LogP contribution in [0.4, 0.5) is 0 Å². The number of rotatable bonds is 6. The minimum Gasteiger partial charge on any atom is -0.454 e. The molecular weight excluding hydrogens is 328 g/mol. The van der Waals surface area contributed by atoms with Crippen molar-refractivity contribution in [3.05, 3.63) is 29.8 Å². The quantitative estimate of drug-likeness (QED) is 0.731. The summed E-state index contributed by atoms with van der Waals surface area (Å²) in [5, 5.41) is 0. The third-order valence-electron chi connectivity index (χ3n) is 5.31. The van der Waals surface area contributed by atoms with Crippen LogP contribution >= 0.6 is 0 Å². The maximum absolute atomic E-state index is 12.9. The molecule has 1 aromatic rings. The summed E-state index contributed by atoms with van der Waals surface area (Å²) in [6.45, 7) is 4.23. The Hall–Kier alpha value is -2.01. The highest BCUT2D eigenvalue weighted by Gasteiger charge is 2.26. The lowest BCUT2D eigenvalue weighted by Crippen LogP contribution is -2.44. The SMILES string of the molecule is CN(C)CCN(C(=O)C=Cc1ccc2c(c1)OCO2)[C@H]1CC[C@H](C)CC1. The van der Waals surface area contributed by atoms with Gasteiger partial charge in [-0.25, -0.2) is 0 Å². The largest absolute Gasteiger partial charge is 0.454 e. The van der Waals surface area contributed by atoms with Gasteiger partial charge in [0.05, 0.1) is 0 Å². The lowest BCUT2D eigenvalue weighted by atomic mass is 9.86. The van der Waals surface area contributed by atoms with Crippen molar-refractivity contribution in [2.24, 2.45) is 5.92 Å². The van der Waals surface area contributed by atoms with Crippen LogP contribution in [0.25, 0.3) is 6.08 Å². The van der Waals surface area contributed by atoms with Crippen molar-refractivity contribution in [2.45, 2.75) is 38.6 Å². The van der Waals surface area contributed by atoms with Crippen LogP contribution in [-0.4, -0.2) is 55.7 Å². The molecule has 0 unspecified atom stereocenters. The molecule has 1 aliphatic heterocycles. The van der Waals surface area contributed by atoms with Gasteiger partial charge in [-0.3, -0.25) is 4.79 Å². The fourth-order valence-electron chi connectivity index (χ4n) is 3.61. The van der Waals surface area contributed by atoms with E-state index in [9.17, 15) is 4.79 Å². The van der Waals surface area contributed by atoms with E-state index in [0.29, 0.717) is 6.04 Å². The highest BCUT2D eigenvalue weighted by atomic mass is 16.7. The van der Waals surface area contributed by atoms with Gasteiger partial charge in [0.2, 0.25) is 12.7 Å². The Morgan fingerprint density at radius 1 is 1.12 bits per heavy atom. The zero-order chi connectivity index (χ0) is 18.5. The number of fused-ring (bicyclic) bond motifs is 1. The predicted octanol–water partition coefficient (Wildman–Crippen LogP) is 3.40. The molecule has 0 aromatic heterocycles. The van der Waals surface area contributed by atoms with Crippen molar-refractivity contribution in [3.63, 3.8) is 0 Å². The van der Waals surface area contributed by atoms with Crippen molar-refractivity contribution in [3.8, 4) is 11.5 Å². The van der Waals surface area contributed by atoms with Gasteiger partial charge < -0.3 is 19.3 Å². The molecule has 1 fully saturated rings. The summed E-state index contributed by atoms with van der Waals surface area (Å²) in [7, 11) is 4.10. The average Bonchev–Trinajstić information content (AvgIpc) is 3.09. The van der Waals surface area contributed by atoms with E-state index in [2.05, 4.69) is 16.7 Å². The number of likely N-dealkylation sites (N-methyl/N-ethyl adjacent to an activating group) is 1. The molecule has 2 aliphatic rings. The highest BCUT2D eigenvalue weighted by Crippen LogP contribution is 2.33. The van der Waals surface area contributed by atoms with E-state index in [-0.39, 0.29) is 12.7 Å². The van der Waals surface area contributed by atoms with Gasteiger partial charge in [0.25, 0.3) is 0 Å². The summed E-state index contributed by atoms with van der Waals surface area (Å²) in [5.74, 6) is 2.38. The van der Waals surface area contributed by atoms with Crippen LogP contribution in [0, 0.1) is 5.92 Å². The summed E-state index contributed by atoms with van der Waals surface area (Å²) < 4.78 is 10.7. The van der Waals surface area contributed by atoms with Gasteiger partial charge in [0.15, 0.2) is 11.5 Å². The van der Waals surface area contributed by atoms with E-state index in [0.717, 1.165) is 48.9 Å². The van der Waals surface area contributed by atoms with Crippen LogP contribution in [0.5, 0.6) is 11.5 Å². The Morgan fingerprint density at radius 2 is 1.85 bits per heavy atom. The minimum absolute atomic E-state index is 0.101. The predicted molar refractivity (Wildman–Crippen MR) is 103 cm³/mol. The minimum atomic E-state index is 0.101. The van der Waals surface area contributed by atoms with Crippen LogP contribution in [-0.2, 0) is 4.79 Å². The van der Waals surface area contributed by atoms with Gasteiger partial charge in [-0.1, -0.05) is 13.0 Å². The van der Waals surface area contributed by atoms with Gasteiger partial charge in [-0.2, -0.15) is 0 Å². The van der Waals surface area contributed by atoms with Crippen molar-refractivity contribution in [1.82, 2.24) is 9.80 Å². The maximum atomic E-state index is 12.9. The third kappa shape index (κ3) is 4.79. The Balaban J connectivity index is 1.67. The number of ether oxygens (including phenoxy) is 2. The highest BCUT2D eigenvalue weighted by molar-refractivity contribution is 5.92. The summed E-state index contributed by atoms with van der Waals surface area (Å²) in [4.78, 5) is 17.1. The van der Waals surface area contributed by atoms with E-state index in [1.165, 1.54) is 12.8 Å². The van der Waals surface area contributed by atoms with Crippen LogP contribution in [0.2, 0.25) is 0 Å². The number of carbonyl (C=O) groups is 1. The third-order valence-corrected chi connectivity index (χ3v) is 5.31. The molecule has 26 heavy (non-hydrogen) atoms. The number of hydrogen-bond acceptors (Lipinski definition) is 4. The molecule has 1 saturated carbocycles. The first kappa shape index (κ1) is 18.8. The molecule has 0 atom stereocenters. The van der Waals surface area contributed by atoms with E-state index in [4.69, 9.17) is 9.47 Å². The molecule has 0 radical (unpaired) electrons. The van der Waals surface area contributed by atoms with Gasteiger partial charge in [0.1, 0.15) is 0 Å². The van der Waals surface area contributed by atoms with Gasteiger partial charge >= 0.3 is 0 Å². The number of amides is 1. The topological polar surface area (TPSA) is 42.0 Å². The second kappa shape index (κ2) is 8.58. The van der Waals surface area contributed by atoms with E-state index in [1.54, 1.807) is 6.08 Å². The van der Waals surface area contributed by atoms with E-state index < -0.39 is 0 Å². The van der Waals surface area contributed by atoms with Crippen LogP contribution in [0.1, 0.15) is 38.2 Å². The molecule has 142 valence electrons. The summed E-state index contributed by atoms with van der Waals surface area (Å²) in [6.07, 6.45) is 8.21. The number of nitrogens with zero attached hydrogens (tertiary/aromatic N) is 2. The van der Waals surface area contributed by atoms with Crippen LogP contribution in [0.15, 0.2) is 24.3 Å². The Bertz CT molecular complexity index is 649. The van der Waals surface area contributed by atoms with Crippen molar-refractivity contribution in [1.29, 1.82) is 0 Å². The fraction of sp³-hybridized carbons (Fsp3) is 0.571. The molecule has 0 spiro atoms. The molecule has 0 N–H and O–H groups in total. The standard InChI is InChI=1S/C21H30N2O3/c1-16-4-8-18(9-5-16)23(13-12-22(2)3)21(24)11-7-17-6-10-19-20(14-17)26-15-25-19/h6-7,10-11,14,16,18H,4-5,8-9,12-13,15H2,1-3H3/t16-,18-. The normalized spacial score (nSPS) is 22.2. The molecule has 3 rings (SSSR count). The average molecular weight is 358 g/mol. The fourth-order valence-corrected chi connectivity index (χ4v) is 3.61. The number of hydrogen-bond donors (Lipinski definition) is 0. The second-order valence-electron chi connectivity index (χ2n) is 7.69. The summed E-state index contributed by atoms with van der Waals surface area (Å²) in [6, 6.07) is 6.11. The molecule has 1 heterocycles. The molecule has 1 amide bonds. The monoisotopic (exact) mass is 358 g/mol. The second-order valence-corrected chi connectivity index (χ2v) is 7.69. The zero-order valence-corrected chi connectivity index (χ0v) is 16.1. The molecule has 0 saturated heterocycles. The Labute approximate surface area is 156 Å². The number of benzene rings is 1. The molecule has 0 bridgehead atoms. The summed E-state index contributed by atoms with van der Waals surface area (Å²) in [5.41, 5.74) is 0.951. The van der Waals surface area contributed by atoms with Crippen molar-refractivity contribution in [2.75, 3.05) is 34.0 Å². The van der Waals surface area contributed by atoms with Crippen molar-refractivity contribution >= 4 is 12.0 Å². The van der Waals surface area contributed by atoms with Gasteiger partial charge in [-0.05, 0) is 69.5 Å². The molecule has 1 aliphatic carbocycles. The zero-order valence-electron chi connectivity index (χ0n) is 16.1. The summed E-state index contributed by atoms with van der Waals surface area (Å²) >= 11 is 0. The first-order chi connectivity index (χ1) is 12.5. The van der Waals surface area contributed by atoms with Crippen molar-refractivity contribution < 1.29 is 14.3 Å². The van der Waals surface area contributed by atoms with E-state index >= 15 is 0 Å². The molecule has 5 heteroatoms. The lowest BCUT2D eigenvalue weighted by Gasteiger charge is -2.36. The number of carbonyl (C=O) groups excluding carboxylic acids is 1. The van der Waals surface area contributed by atoms with Crippen LogP contribution in [0.3, 0.4) is 0 Å². The Morgan fingerprint density at radius 3 is 2.58 bits per heavy atom. The Kier molecular flexibility index (Phi) is 6.20. The first-order valence-corrected chi connectivity index (χ1v) is 9.56. The molecule has 1 aromatic carbocycles. The first-order valence-electron chi connectivity index (χ1n) is 9.56.